The fourth-order valence-electron chi connectivity index (χ4n) is 3.12. The van der Waals surface area contributed by atoms with Gasteiger partial charge in [0.25, 0.3) is 0 Å². The highest BCUT2D eigenvalue weighted by atomic mass is 31.1. The van der Waals surface area contributed by atoms with Crippen LogP contribution in [0.4, 0.5) is 0 Å². The molecule has 0 nitrogen and oxygen atoms in total. The van der Waals surface area contributed by atoms with E-state index in [1.807, 2.05) is 0 Å². The van der Waals surface area contributed by atoms with Gasteiger partial charge in [0.1, 0.15) is 0 Å². The second-order valence-electron chi connectivity index (χ2n) is 6.47. The van der Waals surface area contributed by atoms with Gasteiger partial charge < -0.3 is 0 Å². The summed E-state index contributed by atoms with van der Waals surface area (Å²) in [5, 5.41) is 0. The Morgan fingerprint density at radius 3 is 1.85 bits per heavy atom. The van der Waals surface area contributed by atoms with E-state index in [-0.39, 0.29) is 7.92 Å². The van der Waals surface area contributed by atoms with Crippen molar-refractivity contribution in [2.45, 2.75) is 117 Å². The molecule has 0 spiro atoms. The molecule has 0 aliphatic heterocycles. The van der Waals surface area contributed by atoms with Crippen LogP contribution in [0.2, 0.25) is 0 Å². The lowest BCUT2D eigenvalue weighted by Gasteiger charge is -2.32. The van der Waals surface area contributed by atoms with E-state index in [4.69, 9.17) is 0 Å². The molecular formula is C19H41P. The zero-order chi connectivity index (χ0) is 15.2. The SMILES string of the molecule is CCCCCCCCP(C(C)CC)C(CC)CCCC. The predicted molar refractivity (Wildman–Crippen MR) is 98.5 cm³/mol. The summed E-state index contributed by atoms with van der Waals surface area (Å²) in [4.78, 5) is 0. The van der Waals surface area contributed by atoms with Crippen molar-refractivity contribution in [1.29, 1.82) is 0 Å². The molecule has 0 saturated heterocycles. The average molecular weight is 301 g/mol. The summed E-state index contributed by atoms with van der Waals surface area (Å²) < 4.78 is 0. The molecule has 0 aliphatic carbocycles. The maximum Gasteiger partial charge on any atom is -0.0209 e. The molecule has 0 bridgehead atoms. The smallest absolute Gasteiger partial charge is 0.0209 e. The molecule has 0 aromatic heterocycles. The maximum absolute atomic E-state index is 2.53. The van der Waals surface area contributed by atoms with Crippen LogP contribution in [-0.4, -0.2) is 17.5 Å². The molecule has 0 rings (SSSR count). The molecular weight excluding hydrogens is 259 g/mol. The molecule has 0 aromatic rings. The number of unbranched alkanes of at least 4 members (excludes halogenated alkanes) is 6. The van der Waals surface area contributed by atoms with Gasteiger partial charge in [-0.1, -0.05) is 79.6 Å². The van der Waals surface area contributed by atoms with Gasteiger partial charge >= 0.3 is 0 Å². The van der Waals surface area contributed by atoms with Crippen molar-refractivity contribution in [1.82, 2.24) is 0 Å². The third-order valence-corrected chi connectivity index (χ3v) is 8.65. The van der Waals surface area contributed by atoms with E-state index >= 15 is 0 Å². The molecule has 3 atom stereocenters. The van der Waals surface area contributed by atoms with E-state index in [0.717, 1.165) is 11.3 Å². The fourth-order valence-corrected chi connectivity index (χ4v) is 6.68. The largest absolute Gasteiger partial charge is 0.101 e. The minimum absolute atomic E-state index is 0.278. The zero-order valence-electron chi connectivity index (χ0n) is 15.1. The van der Waals surface area contributed by atoms with Crippen molar-refractivity contribution in [3.05, 3.63) is 0 Å². The Morgan fingerprint density at radius 1 is 0.700 bits per heavy atom. The molecule has 0 N–H and O–H groups in total. The predicted octanol–water partition coefficient (Wildman–Crippen LogP) is 7.60. The molecule has 0 aromatic carbocycles. The standard InChI is InChI=1S/C19H41P/c1-6-10-12-13-14-15-17-20(18(5)8-3)19(9-4)16-11-7-2/h18-19H,6-17H2,1-5H3. The van der Waals surface area contributed by atoms with Gasteiger partial charge in [0.2, 0.25) is 0 Å². The zero-order valence-corrected chi connectivity index (χ0v) is 16.0. The molecule has 122 valence electrons. The van der Waals surface area contributed by atoms with Gasteiger partial charge in [-0.05, 0) is 43.2 Å². The van der Waals surface area contributed by atoms with Crippen molar-refractivity contribution in [3.8, 4) is 0 Å². The summed E-state index contributed by atoms with van der Waals surface area (Å²) in [5.41, 5.74) is 2.04. The highest BCUT2D eigenvalue weighted by molar-refractivity contribution is 7.59. The van der Waals surface area contributed by atoms with E-state index in [1.54, 1.807) is 6.16 Å². The van der Waals surface area contributed by atoms with Gasteiger partial charge in [0.15, 0.2) is 0 Å². The Labute approximate surface area is 131 Å². The summed E-state index contributed by atoms with van der Waals surface area (Å²) in [6, 6.07) is 0. The van der Waals surface area contributed by atoms with Gasteiger partial charge in [0, 0.05) is 0 Å². The van der Waals surface area contributed by atoms with Crippen LogP contribution in [0.25, 0.3) is 0 Å². The summed E-state index contributed by atoms with van der Waals surface area (Å²) in [6.07, 6.45) is 17.4. The highest BCUT2D eigenvalue weighted by Gasteiger charge is 2.23. The van der Waals surface area contributed by atoms with Gasteiger partial charge in [-0.15, -0.1) is 7.92 Å². The van der Waals surface area contributed by atoms with Crippen LogP contribution < -0.4 is 0 Å². The van der Waals surface area contributed by atoms with Crippen LogP contribution >= 0.6 is 7.92 Å². The monoisotopic (exact) mass is 300 g/mol. The lowest BCUT2D eigenvalue weighted by molar-refractivity contribution is 0.620. The van der Waals surface area contributed by atoms with Crippen LogP contribution in [0, 0.1) is 0 Å². The second-order valence-corrected chi connectivity index (χ2v) is 9.55. The van der Waals surface area contributed by atoms with Crippen molar-refractivity contribution in [3.63, 3.8) is 0 Å². The quantitative estimate of drug-likeness (QED) is 0.229. The van der Waals surface area contributed by atoms with Gasteiger partial charge in [-0.2, -0.15) is 0 Å². The molecule has 20 heavy (non-hydrogen) atoms. The van der Waals surface area contributed by atoms with Crippen LogP contribution in [0.15, 0.2) is 0 Å². The third-order valence-electron chi connectivity index (χ3n) is 4.76. The maximum atomic E-state index is 2.53. The molecule has 0 heterocycles. The molecule has 0 amide bonds. The van der Waals surface area contributed by atoms with Gasteiger partial charge in [0.05, 0.1) is 0 Å². The Bertz CT molecular complexity index is 190. The minimum Gasteiger partial charge on any atom is -0.101 e. The molecule has 0 radical (unpaired) electrons. The van der Waals surface area contributed by atoms with Gasteiger partial charge in [-0.25, -0.2) is 0 Å². The molecule has 0 saturated carbocycles. The number of hydrogen-bond acceptors (Lipinski definition) is 0. The minimum atomic E-state index is 0.278. The van der Waals surface area contributed by atoms with Crippen LogP contribution in [0.1, 0.15) is 105 Å². The summed E-state index contributed by atoms with van der Waals surface area (Å²) >= 11 is 0. The van der Waals surface area contributed by atoms with E-state index in [1.165, 1.54) is 70.6 Å². The molecule has 1 heteroatoms. The summed E-state index contributed by atoms with van der Waals surface area (Å²) in [5.74, 6) is 0. The van der Waals surface area contributed by atoms with E-state index in [2.05, 4.69) is 34.6 Å². The Balaban J connectivity index is 4.12. The first-order valence-electron chi connectivity index (χ1n) is 9.46. The lowest BCUT2D eigenvalue weighted by Crippen LogP contribution is -2.14. The third kappa shape index (κ3) is 9.38. The number of rotatable bonds is 14. The molecule has 0 aliphatic rings. The van der Waals surface area contributed by atoms with Gasteiger partial charge in [-0.3, -0.25) is 0 Å². The van der Waals surface area contributed by atoms with Crippen LogP contribution in [0.3, 0.4) is 0 Å². The van der Waals surface area contributed by atoms with Crippen molar-refractivity contribution in [2.75, 3.05) is 6.16 Å². The van der Waals surface area contributed by atoms with Crippen LogP contribution in [-0.2, 0) is 0 Å². The lowest BCUT2D eigenvalue weighted by atomic mass is 10.1. The first-order chi connectivity index (χ1) is 9.71. The average Bonchev–Trinajstić information content (AvgIpc) is 2.48. The summed E-state index contributed by atoms with van der Waals surface area (Å²) in [7, 11) is 0.278. The van der Waals surface area contributed by atoms with E-state index in [9.17, 15) is 0 Å². The van der Waals surface area contributed by atoms with Crippen molar-refractivity contribution in [2.24, 2.45) is 0 Å². The number of hydrogen-bond donors (Lipinski definition) is 0. The molecule has 0 fully saturated rings. The topological polar surface area (TPSA) is 0 Å². The summed E-state index contributed by atoms with van der Waals surface area (Å²) in [6.45, 7) is 12.0. The Hall–Kier alpha value is 0.430. The van der Waals surface area contributed by atoms with Crippen LogP contribution in [0.5, 0.6) is 0 Å². The molecule has 3 unspecified atom stereocenters. The Morgan fingerprint density at radius 2 is 1.30 bits per heavy atom. The first kappa shape index (κ1) is 20.4. The van der Waals surface area contributed by atoms with Crippen molar-refractivity contribution < 1.29 is 0 Å². The Kier molecular flexibility index (Phi) is 14.7. The normalized spacial score (nSPS) is 16.1. The van der Waals surface area contributed by atoms with Crippen molar-refractivity contribution >= 4 is 7.92 Å². The van der Waals surface area contributed by atoms with E-state index in [0.29, 0.717) is 0 Å². The second kappa shape index (κ2) is 14.4. The fraction of sp³-hybridized carbons (Fsp3) is 1.00. The first-order valence-corrected chi connectivity index (χ1v) is 11.1. The van der Waals surface area contributed by atoms with E-state index < -0.39 is 0 Å². The highest BCUT2D eigenvalue weighted by Crippen LogP contribution is 2.51.